The average molecular weight is 396 g/mol. The van der Waals surface area contributed by atoms with Crippen LogP contribution in [0.1, 0.15) is 24.0 Å². The molecule has 0 aliphatic heterocycles. The topological polar surface area (TPSA) is 91.5 Å². The lowest BCUT2D eigenvalue weighted by Gasteiger charge is -2.19. The molecule has 3 rings (SSSR count). The van der Waals surface area contributed by atoms with Crippen molar-refractivity contribution in [1.29, 1.82) is 0 Å². The Morgan fingerprint density at radius 2 is 1.72 bits per heavy atom. The number of benzene rings is 2. The average Bonchev–Trinajstić information content (AvgIpc) is 2.72. The van der Waals surface area contributed by atoms with Crippen LogP contribution in [-0.4, -0.2) is 38.7 Å². The second-order valence-electron chi connectivity index (χ2n) is 7.03. The fourth-order valence-corrected chi connectivity index (χ4v) is 3.44. The molecule has 0 radical (unpaired) electrons. The van der Waals surface area contributed by atoms with Crippen LogP contribution in [0.5, 0.6) is 0 Å². The van der Waals surface area contributed by atoms with Crippen LogP contribution in [0.4, 0.5) is 21.9 Å². The van der Waals surface area contributed by atoms with E-state index in [2.05, 4.69) is 27.3 Å². The Morgan fingerprint density at radius 3 is 2.55 bits per heavy atom. The SMILES string of the molecule is COCCNCC(=O)Nc1cccc(NC(=O)Nc2cccc3c2CCCC3)c1. The second kappa shape index (κ2) is 10.6. The molecule has 1 aliphatic rings. The minimum atomic E-state index is -0.298. The summed E-state index contributed by atoms with van der Waals surface area (Å²) in [6, 6.07) is 12.8. The van der Waals surface area contributed by atoms with Gasteiger partial charge in [0.15, 0.2) is 0 Å². The van der Waals surface area contributed by atoms with Gasteiger partial charge in [0.2, 0.25) is 5.91 Å². The van der Waals surface area contributed by atoms with Gasteiger partial charge in [-0.3, -0.25) is 4.79 Å². The standard InChI is InChI=1S/C22H28N4O3/c1-29-13-12-23-15-21(27)24-17-8-5-9-18(14-17)25-22(28)26-20-11-4-7-16-6-2-3-10-19(16)20/h4-5,7-9,11,14,23H,2-3,6,10,12-13,15H2,1H3,(H,24,27)(H2,25,26,28). The Balaban J connectivity index is 1.55. The monoisotopic (exact) mass is 396 g/mol. The lowest BCUT2D eigenvalue weighted by molar-refractivity contribution is -0.115. The molecule has 0 bridgehead atoms. The van der Waals surface area contributed by atoms with Crippen molar-refractivity contribution >= 4 is 29.0 Å². The lowest BCUT2D eigenvalue weighted by atomic mass is 9.90. The normalized spacial score (nSPS) is 12.7. The summed E-state index contributed by atoms with van der Waals surface area (Å²) in [4.78, 5) is 24.4. The molecule has 154 valence electrons. The first-order valence-corrected chi connectivity index (χ1v) is 9.94. The maximum atomic E-state index is 12.5. The van der Waals surface area contributed by atoms with Gasteiger partial charge in [0, 0.05) is 30.7 Å². The maximum Gasteiger partial charge on any atom is 0.323 e. The van der Waals surface area contributed by atoms with E-state index in [1.807, 2.05) is 12.1 Å². The van der Waals surface area contributed by atoms with Crippen molar-refractivity contribution in [2.45, 2.75) is 25.7 Å². The van der Waals surface area contributed by atoms with Gasteiger partial charge in [0.25, 0.3) is 0 Å². The number of carbonyl (C=O) groups is 2. The predicted octanol–water partition coefficient (Wildman–Crippen LogP) is 3.38. The Hall–Kier alpha value is -2.90. The summed E-state index contributed by atoms with van der Waals surface area (Å²) < 4.78 is 4.93. The molecule has 1 aliphatic carbocycles. The Kier molecular flexibility index (Phi) is 7.61. The summed E-state index contributed by atoms with van der Waals surface area (Å²) >= 11 is 0. The van der Waals surface area contributed by atoms with Crippen LogP contribution in [0, 0.1) is 0 Å². The Morgan fingerprint density at radius 1 is 0.966 bits per heavy atom. The van der Waals surface area contributed by atoms with Gasteiger partial charge in [0.05, 0.1) is 13.2 Å². The number of fused-ring (bicyclic) bond motifs is 1. The van der Waals surface area contributed by atoms with E-state index in [0.29, 0.717) is 24.5 Å². The van der Waals surface area contributed by atoms with Crippen LogP contribution < -0.4 is 21.3 Å². The van der Waals surface area contributed by atoms with E-state index in [0.717, 1.165) is 24.9 Å². The van der Waals surface area contributed by atoms with Crippen LogP contribution >= 0.6 is 0 Å². The number of carbonyl (C=O) groups excluding carboxylic acids is 2. The first-order valence-electron chi connectivity index (χ1n) is 9.94. The molecule has 7 nitrogen and oxygen atoms in total. The summed E-state index contributed by atoms with van der Waals surface area (Å²) in [5.74, 6) is -0.154. The molecule has 0 saturated heterocycles. The lowest BCUT2D eigenvalue weighted by Crippen LogP contribution is -2.30. The highest BCUT2D eigenvalue weighted by Crippen LogP contribution is 2.28. The van der Waals surface area contributed by atoms with Crippen molar-refractivity contribution in [1.82, 2.24) is 5.32 Å². The van der Waals surface area contributed by atoms with E-state index < -0.39 is 0 Å². The number of methoxy groups -OCH3 is 1. The zero-order chi connectivity index (χ0) is 20.5. The minimum Gasteiger partial charge on any atom is -0.383 e. The predicted molar refractivity (Wildman–Crippen MR) is 116 cm³/mol. The van der Waals surface area contributed by atoms with Crippen molar-refractivity contribution in [3.05, 3.63) is 53.6 Å². The van der Waals surface area contributed by atoms with E-state index >= 15 is 0 Å². The first kappa shape index (κ1) is 20.8. The van der Waals surface area contributed by atoms with Gasteiger partial charge in [-0.15, -0.1) is 0 Å². The number of amides is 3. The van der Waals surface area contributed by atoms with E-state index in [9.17, 15) is 9.59 Å². The van der Waals surface area contributed by atoms with Crippen molar-refractivity contribution in [2.24, 2.45) is 0 Å². The highest BCUT2D eigenvalue weighted by atomic mass is 16.5. The molecular weight excluding hydrogens is 368 g/mol. The van der Waals surface area contributed by atoms with E-state index in [4.69, 9.17) is 4.74 Å². The first-order chi connectivity index (χ1) is 14.2. The molecule has 4 N–H and O–H groups in total. The molecule has 0 atom stereocenters. The van der Waals surface area contributed by atoms with Gasteiger partial charge in [0.1, 0.15) is 0 Å². The fraction of sp³-hybridized carbons (Fsp3) is 0.364. The zero-order valence-electron chi connectivity index (χ0n) is 16.7. The number of nitrogens with one attached hydrogen (secondary N) is 4. The number of urea groups is 1. The largest absolute Gasteiger partial charge is 0.383 e. The Bertz CT molecular complexity index is 854. The van der Waals surface area contributed by atoms with Gasteiger partial charge in [-0.1, -0.05) is 18.2 Å². The third kappa shape index (κ3) is 6.30. The molecule has 2 aromatic carbocycles. The van der Waals surface area contributed by atoms with Crippen LogP contribution in [0.15, 0.2) is 42.5 Å². The molecule has 29 heavy (non-hydrogen) atoms. The third-order valence-electron chi connectivity index (χ3n) is 4.82. The molecule has 3 amide bonds. The van der Waals surface area contributed by atoms with E-state index in [1.54, 1.807) is 31.4 Å². The summed E-state index contributed by atoms with van der Waals surface area (Å²) in [6.45, 7) is 1.35. The molecule has 0 fully saturated rings. The molecule has 0 aromatic heterocycles. The molecule has 0 unspecified atom stereocenters. The highest BCUT2D eigenvalue weighted by molar-refractivity contribution is 6.01. The highest BCUT2D eigenvalue weighted by Gasteiger charge is 2.14. The third-order valence-corrected chi connectivity index (χ3v) is 4.82. The number of anilines is 3. The van der Waals surface area contributed by atoms with Crippen molar-refractivity contribution in [3.63, 3.8) is 0 Å². The van der Waals surface area contributed by atoms with Crippen molar-refractivity contribution in [2.75, 3.05) is 42.8 Å². The van der Waals surface area contributed by atoms with E-state index in [1.165, 1.54) is 17.5 Å². The van der Waals surface area contributed by atoms with Gasteiger partial charge >= 0.3 is 6.03 Å². The second-order valence-corrected chi connectivity index (χ2v) is 7.03. The number of ether oxygens (including phenoxy) is 1. The molecule has 0 saturated carbocycles. The molecule has 7 heteroatoms. The fourth-order valence-electron chi connectivity index (χ4n) is 3.44. The van der Waals surface area contributed by atoms with Crippen molar-refractivity contribution in [3.8, 4) is 0 Å². The summed E-state index contributed by atoms with van der Waals surface area (Å²) in [5, 5.41) is 11.6. The molecule has 0 spiro atoms. The van der Waals surface area contributed by atoms with Gasteiger partial charge in [-0.25, -0.2) is 4.79 Å². The molecule has 2 aromatic rings. The quantitative estimate of drug-likeness (QED) is 0.515. The van der Waals surface area contributed by atoms with Gasteiger partial charge in [-0.05, 0) is 61.1 Å². The number of aryl methyl sites for hydroxylation is 1. The summed E-state index contributed by atoms with van der Waals surface area (Å²) in [6.07, 6.45) is 4.40. The van der Waals surface area contributed by atoms with Crippen LogP contribution in [0.25, 0.3) is 0 Å². The van der Waals surface area contributed by atoms with Crippen LogP contribution in [0.2, 0.25) is 0 Å². The van der Waals surface area contributed by atoms with Gasteiger partial charge in [-0.2, -0.15) is 0 Å². The smallest absolute Gasteiger partial charge is 0.323 e. The van der Waals surface area contributed by atoms with Crippen LogP contribution in [-0.2, 0) is 22.4 Å². The summed E-state index contributed by atoms with van der Waals surface area (Å²) in [7, 11) is 1.61. The van der Waals surface area contributed by atoms with Crippen LogP contribution in [0.3, 0.4) is 0 Å². The molecular formula is C22H28N4O3. The number of hydrogen-bond acceptors (Lipinski definition) is 4. The zero-order valence-corrected chi connectivity index (χ0v) is 16.7. The van der Waals surface area contributed by atoms with Crippen molar-refractivity contribution < 1.29 is 14.3 Å². The number of hydrogen-bond donors (Lipinski definition) is 4. The molecule has 0 heterocycles. The minimum absolute atomic E-state index is 0.154. The van der Waals surface area contributed by atoms with Gasteiger partial charge < -0.3 is 26.0 Å². The Labute approximate surface area is 171 Å². The maximum absolute atomic E-state index is 12.5. The summed E-state index contributed by atoms with van der Waals surface area (Å²) in [5.41, 5.74) is 4.65. The number of rotatable bonds is 8. The van der Waals surface area contributed by atoms with E-state index in [-0.39, 0.29) is 18.5 Å².